The van der Waals surface area contributed by atoms with Crippen molar-refractivity contribution in [1.82, 2.24) is 0 Å². The van der Waals surface area contributed by atoms with E-state index in [1.165, 1.54) is 6.92 Å². The van der Waals surface area contributed by atoms with Crippen molar-refractivity contribution in [3.63, 3.8) is 0 Å². The zero-order chi connectivity index (χ0) is 14.8. The van der Waals surface area contributed by atoms with Crippen LogP contribution in [0.15, 0.2) is 48.5 Å². The molecule has 2 aromatic carbocycles. The van der Waals surface area contributed by atoms with Crippen LogP contribution in [0.4, 0.5) is 13.2 Å². The van der Waals surface area contributed by atoms with Gasteiger partial charge in [-0.1, -0.05) is 48.5 Å². The Morgan fingerprint density at radius 3 is 1.71 bits per heavy atom. The van der Waals surface area contributed by atoms with E-state index in [9.17, 15) is 13.2 Å². The van der Waals surface area contributed by atoms with Crippen molar-refractivity contribution in [3.05, 3.63) is 70.8 Å². The lowest BCUT2D eigenvalue weighted by Crippen LogP contribution is -2.50. The van der Waals surface area contributed by atoms with Crippen LogP contribution in [0.25, 0.3) is 0 Å². The highest BCUT2D eigenvalue weighted by molar-refractivity contribution is 8.01. The van der Waals surface area contributed by atoms with Crippen LogP contribution in [0.3, 0.4) is 0 Å². The van der Waals surface area contributed by atoms with Crippen LogP contribution in [0.2, 0.25) is 0 Å². The third kappa shape index (κ3) is 1.60. The fourth-order valence-electron chi connectivity index (χ4n) is 3.62. The number of hydrogen-bond acceptors (Lipinski definition) is 1. The summed E-state index contributed by atoms with van der Waals surface area (Å²) in [5.74, 6) is -0.625. The molecule has 0 N–H and O–H groups in total. The molecule has 2 heterocycles. The molecule has 0 nitrogen and oxygen atoms in total. The summed E-state index contributed by atoms with van der Waals surface area (Å²) in [6.07, 6.45) is -4.23. The summed E-state index contributed by atoms with van der Waals surface area (Å²) in [5, 5.41) is -0.228. The summed E-state index contributed by atoms with van der Waals surface area (Å²) >= 11 is 1.05. The molecule has 2 bridgehead atoms. The molecule has 1 aliphatic carbocycles. The minimum Gasteiger partial charge on any atom is -0.169 e. The Bertz CT molecular complexity index is 674. The van der Waals surface area contributed by atoms with Crippen molar-refractivity contribution in [1.29, 1.82) is 0 Å². The lowest BCUT2D eigenvalue weighted by molar-refractivity contribution is -0.159. The Kier molecular flexibility index (Phi) is 2.57. The molecule has 108 valence electrons. The highest BCUT2D eigenvalue weighted by Gasteiger charge is 2.63. The quantitative estimate of drug-likeness (QED) is 0.637. The maximum atomic E-state index is 13.8. The molecule has 0 spiro atoms. The van der Waals surface area contributed by atoms with E-state index in [0.29, 0.717) is 0 Å². The molecule has 0 saturated carbocycles. The zero-order valence-electron chi connectivity index (χ0n) is 11.3. The Labute approximate surface area is 125 Å². The average molecular weight is 306 g/mol. The molecule has 0 radical (unpaired) electrons. The van der Waals surface area contributed by atoms with Crippen molar-refractivity contribution in [2.75, 3.05) is 0 Å². The first-order chi connectivity index (χ1) is 9.93. The van der Waals surface area contributed by atoms with E-state index in [-0.39, 0.29) is 5.25 Å². The van der Waals surface area contributed by atoms with Gasteiger partial charge in [-0.2, -0.15) is 13.2 Å². The van der Waals surface area contributed by atoms with E-state index in [4.69, 9.17) is 0 Å². The largest absolute Gasteiger partial charge is 0.403 e. The predicted molar refractivity (Wildman–Crippen MR) is 78.6 cm³/mol. The number of halogens is 3. The van der Waals surface area contributed by atoms with Gasteiger partial charge in [-0.25, -0.2) is 0 Å². The number of rotatable bonds is 0. The Balaban J connectivity index is 2.04. The number of benzene rings is 2. The fourth-order valence-corrected chi connectivity index (χ4v) is 5.32. The van der Waals surface area contributed by atoms with Gasteiger partial charge in [0.1, 0.15) is 4.75 Å². The van der Waals surface area contributed by atoms with Gasteiger partial charge in [-0.15, -0.1) is 11.8 Å². The van der Waals surface area contributed by atoms with Crippen LogP contribution in [-0.2, 0) is 0 Å². The van der Waals surface area contributed by atoms with E-state index >= 15 is 0 Å². The van der Waals surface area contributed by atoms with Gasteiger partial charge in [-0.3, -0.25) is 0 Å². The Morgan fingerprint density at radius 2 is 1.29 bits per heavy atom. The Hall–Kier alpha value is -1.42. The second-order valence-corrected chi connectivity index (χ2v) is 7.35. The maximum absolute atomic E-state index is 13.8. The molecule has 1 atom stereocenters. The van der Waals surface area contributed by atoms with Crippen molar-refractivity contribution in [3.8, 4) is 0 Å². The van der Waals surface area contributed by atoms with Crippen LogP contribution in [0, 0.1) is 0 Å². The van der Waals surface area contributed by atoms with Crippen LogP contribution in [0.5, 0.6) is 0 Å². The standard InChI is InChI=1S/C17H13F3S/c1-16(17(18,19)20)14-10-6-2-4-8-12(10)15(21-16)13-9-5-3-7-11(13)14/h2-9,14-15H,1H3. The fraction of sp³-hybridized carbons (Fsp3) is 0.294. The van der Waals surface area contributed by atoms with E-state index in [1.54, 1.807) is 0 Å². The second-order valence-electron chi connectivity index (χ2n) is 5.79. The van der Waals surface area contributed by atoms with Crippen LogP contribution in [0.1, 0.15) is 40.3 Å². The molecule has 0 aromatic heterocycles. The molecule has 2 aliphatic heterocycles. The molecule has 21 heavy (non-hydrogen) atoms. The lowest BCUT2D eigenvalue weighted by atomic mass is 9.71. The highest BCUT2D eigenvalue weighted by atomic mass is 32.2. The highest BCUT2D eigenvalue weighted by Crippen LogP contribution is 2.67. The maximum Gasteiger partial charge on any atom is 0.403 e. The average Bonchev–Trinajstić information content (AvgIpc) is 2.46. The summed E-state index contributed by atoms with van der Waals surface area (Å²) in [7, 11) is 0. The molecule has 4 heteroatoms. The molecular formula is C17H13F3S. The molecule has 5 rings (SSSR count). The van der Waals surface area contributed by atoms with Crippen LogP contribution < -0.4 is 0 Å². The third-order valence-corrected chi connectivity index (χ3v) is 6.36. The first-order valence-electron chi connectivity index (χ1n) is 6.85. The van der Waals surface area contributed by atoms with Gasteiger partial charge in [0.15, 0.2) is 0 Å². The van der Waals surface area contributed by atoms with E-state index in [1.807, 2.05) is 48.5 Å². The van der Waals surface area contributed by atoms with Gasteiger partial charge in [0.25, 0.3) is 0 Å². The zero-order valence-corrected chi connectivity index (χ0v) is 12.1. The van der Waals surface area contributed by atoms with Gasteiger partial charge >= 0.3 is 6.18 Å². The van der Waals surface area contributed by atoms with E-state index in [0.717, 1.165) is 34.0 Å². The van der Waals surface area contributed by atoms with Gasteiger partial charge in [0.2, 0.25) is 0 Å². The van der Waals surface area contributed by atoms with Gasteiger partial charge < -0.3 is 0 Å². The molecule has 0 amide bonds. The number of alkyl halides is 3. The summed E-state index contributed by atoms with van der Waals surface area (Å²) < 4.78 is 39.5. The topological polar surface area (TPSA) is 0 Å². The second kappa shape index (κ2) is 4.07. The SMILES string of the molecule is CC1(C(F)(F)F)SC2c3ccccc3C1c1ccccc12. The molecule has 2 aromatic rings. The summed E-state index contributed by atoms with van der Waals surface area (Å²) in [6.45, 7) is 1.35. The molecule has 3 aliphatic rings. The number of hydrogen-bond donors (Lipinski definition) is 0. The summed E-state index contributed by atoms with van der Waals surface area (Å²) in [4.78, 5) is 0. The molecule has 1 unspecified atom stereocenters. The molecule has 0 saturated heterocycles. The first-order valence-corrected chi connectivity index (χ1v) is 7.73. The minimum atomic E-state index is -4.23. The van der Waals surface area contributed by atoms with Crippen molar-refractivity contribution in [2.24, 2.45) is 0 Å². The lowest BCUT2D eigenvalue weighted by Gasteiger charge is -2.51. The third-order valence-electron chi connectivity index (χ3n) is 4.66. The van der Waals surface area contributed by atoms with Crippen molar-refractivity contribution < 1.29 is 13.2 Å². The summed E-state index contributed by atoms with van der Waals surface area (Å²) in [5.41, 5.74) is 3.74. The monoisotopic (exact) mass is 306 g/mol. The van der Waals surface area contributed by atoms with Gasteiger partial charge in [0, 0.05) is 5.92 Å². The Morgan fingerprint density at radius 1 is 0.857 bits per heavy atom. The van der Waals surface area contributed by atoms with Crippen LogP contribution in [-0.4, -0.2) is 10.9 Å². The van der Waals surface area contributed by atoms with Gasteiger partial charge in [0.05, 0.1) is 5.25 Å². The molecule has 0 fully saturated rings. The number of thioether (sulfide) groups is 1. The van der Waals surface area contributed by atoms with Crippen LogP contribution >= 0.6 is 11.8 Å². The normalized spacial score (nSPS) is 29.9. The number of fused-ring (bicyclic) bond motifs is 1. The van der Waals surface area contributed by atoms with E-state index < -0.39 is 16.8 Å². The van der Waals surface area contributed by atoms with Crippen molar-refractivity contribution >= 4 is 11.8 Å². The van der Waals surface area contributed by atoms with Crippen molar-refractivity contribution in [2.45, 2.75) is 29.0 Å². The first kappa shape index (κ1) is 13.3. The smallest absolute Gasteiger partial charge is 0.169 e. The van der Waals surface area contributed by atoms with E-state index in [2.05, 4.69) is 0 Å². The minimum absolute atomic E-state index is 0.228. The molecular weight excluding hydrogens is 293 g/mol. The van der Waals surface area contributed by atoms with Gasteiger partial charge in [-0.05, 0) is 29.2 Å². The summed E-state index contributed by atoms with van der Waals surface area (Å²) in [6, 6.07) is 15.1. The predicted octanol–water partition coefficient (Wildman–Crippen LogP) is 5.29.